The highest BCUT2D eigenvalue weighted by Crippen LogP contribution is 2.23. The molecule has 0 saturated carbocycles. The summed E-state index contributed by atoms with van der Waals surface area (Å²) in [6, 6.07) is 11.7. The van der Waals surface area contributed by atoms with Crippen LogP contribution in [0.5, 0.6) is 0 Å². The Morgan fingerprint density at radius 3 is 1.85 bits per heavy atom. The molecule has 1 aromatic rings. The summed E-state index contributed by atoms with van der Waals surface area (Å²) in [6.45, 7) is 7.05. The Bertz CT molecular complexity index is 498. The molecular formula is C23H43NO2Si. The molecule has 0 amide bonds. The minimum Gasteiger partial charge on any atom is -0.394 e. The largest absolute Gasteiger partial charge is 0.394 e. The lowest BCUT2D eigenvalue weighted by Gasteiger charge is -2.24. The van der Waals surface area contributed by atoms with E-state index in [1.54, 1.807) is 0 Å². The molecule has 0 unspecified atom stereocenters. The van der Waals surface area contributed by atoms with Crippen LogP contribution in [0.3, 0.4) is 0 Å². The van der Waals surface area contributed by atoms with E-state index in [9.17, 15) is 10.2 Å². The van der Waals surface area contributed by atoms with Gasteiger partial charge in [0.05, 0.1) is 18.8 Å². The number of hydrogen-bond acceptors (Lipinski definition) is 3. The third-order valence-corrected chi connectivity index (χ3v) is 9.25. The van der Waals surface area contributed by atoms with Crippen molar-refractivity contribution in [2.75, 3.05) is 13.2 Å². The molecule has 1 aromatic carbocycles. The van der Waals surface area contributed by atoms with Crippen LogP contribution in [0.1, 0.15) is 63.0 Å². The molecular weight excluding hydrogens is 350 g/mol. The molecule has 0 bridgehead atoms. The van der Waals surface area contributed by atoms with Gasteiger partial charge in [-0.05, 0) is 36.8 Å². The summed E-state index contributed by atoms with van der Waals surface area (Å²) in [5.41, 5.74) is 7.69. The van der Waals surface area contributed by atoms with E-state index in [-0.39, 0.29) is 13.2 Å². The summed E-state index contributed by atoms with van der Waals surface area (Å²) >= 11 is 0. The molecule has 156 valence electrons. The first-order valence-corrected chi connectivity index (χ1v) is 14.3. The topological polar surface area (TPSA) is 66.5 Å². The third kappa shape index (κ3) is 10.4. The lowest BCUT2D eigenvalue weighted by molar-refractivity contribution is 0.115. The molecule has 0 aromatic heterocycles. The first kappa shape index (κ1) is 24.4. The van der Waals surface area contributed by atoms with Crippen LogP contribution in [0.25, 0.3) is 0 Å². The average molecular weight is 394 g/mol. The normalized spacial score (nSPS) is 12.5. The van der Waals surface area contributed by atoms with E-state index in [0.717, 1.165) is 12.8 Å². The van der Waals surface area contributed by atoms with E-state index in [4.69, 9.17) is 5.73 Å². The van der Waals surface area contributed by atoms with Crippen molar-refractivity contribution in [1.82, 2.24) is 0 Å². The number of hydrogen-bond donors (Lipinski definition) is 3. The zero-order valence-electron chi connectivity index (χ0n) is 18.0. The Kier molecular flexibility index (Phi) is 11.5. The van der Waals surface area contributed by atoms with Crippen LogP contribution in [-0.2, 0) is 12.8 Å². The van der Waals surface area contributed by atoms with Crippen molar-refractivity contribution in [3.63, 3.8) is 0 Å². The molecule has 4 N–H and O–H groups in total. The maximum Gasteiger partial charge on any atom is 0.0633 e. The van der Waals surface area contributed by atoms with Gasteiger partial charge in [-0.2, -0.15) is 0 Å². The van der Waals surface area contributed by atoms with Gasteiger partial charge in [-0.3, -0.25) is 0 Å². The average Bonchev–Trinajstić information content (AvgIpc) is 2.67. The Morgan fingerprint density at radius 1 is 0.815 bits per heavy atom. The number of unbranched alkanes of at least 4 members (excludes halogenated alkanes) is 4. The highest BCUT2D eigenvalue weighted by atomic mass is 28.3. The molecule has 0 heterocycles. The smallest absolute Gasteiger partial charge is 0.0633 e. The van der Waals surface area contributed by atoms with Gasteiger partial charge in [0, 0.05) is 8.07 Å². The summed E-state index contributed by atoms with van der Waals surface area (Å²) in [5, 5.41) is 18.5. The van der Waals surface area contributed by atoms with Crippen molar-refractivity contribution in [3.8, 4) is 0 Å². The second-order valence-electron chi connectivity index (χ2n) is 9.18. The summed E-state index contributed by atoms with van der Waals surface area (Å²) in [4.78, 5) is 0. The molecule has 3 nitrogen and oxygen atoms in total. The molecule has 0 atom stereocenters. The molecule has 0 spiro atoms. The zero-order valence-corrected chi connectivity index (χ0v) is 19.0. The molecule has 0 radical (unpaired) electrons. The van der Waals surface area contributed by atoms with Crippen LogP contribution in [0.4, 0.5) is 0 Å². The summed E-state index contributed by atoms with van der Waals surface area (Å²) < 4.78 is 0. The van der Waals surface area contributed by atoms with Crippen LogP contribution in [0, 0.1) is 0 Å². The van der Waals surface area contributed by atoms with Crippen molar-refractivity contribution < 1.29 is 10.2 Å². The second kappa shape index (κ2) is 12.7. The van der Waals surface area contributed by atoms with Gasteiger partial charge in [0.1, 0.15) is 0 Å². The standard InChI is InChI=1S/C23H43NO2Si/c1-4-5-8-17-27(2,3)18-9-6-7-10-21-11-13-22(14-12-21)15-16-23(24,19-25)20-26/h11-14,25-26H,4-10,15-20,24H2,1-3H3. The molecule has 0 saturated heterocycles. The first-order valence-electron chi connectivity index (χ1n) is 10.9. The van der Waals surface area contributed by atoms with Crippen LogP contribution in [-0.4, -0.2) is 37.0 Å². The van der Waals surface area contributed by atoms with E-state index in [1.807, 2.05) is 0 Å². The molecule has 27 heavy (non-hydrogen) atoms. The lowest BCUT2D eigenvalue weighted by Crippen LogP contribution is -2.47. The predicted octanol–water partition coefficient (Wildman–Crippen LogP) is 4.91. The number of nitrogens with two attached hydrogens (primary N) is 1. The van der Waals surface area contributed by atoms with Gasteiger partial charge in [-0.25, -0.2) is 0 Å². The zero-order chi connectivity index (χ0) is 20.2. The monoisotopic (exact) mass is 393 g/mol. The number of rotatable bonds is 15. The van der Waals surface area contributed by atoms with Crippen molar-refractivity contribution in [3.05, 3.63) is 35.4 Å². The van der Waals surface area contributed by atoms with Crippen molar-refractivity contribution in [2.24, 2.45) is 5.73 Å². The third-order valence-electron chi connectivity index (χ3n) is 5.84. The molecule has 1 rings (SSSR count). The first-order chi connectivity index (χ1) is 12.8. The van der Waals surface area contributed by atoms with Crippen LogP contribution < -0.4 is 5.73 Å². The van der Waals surface area contributed by atoms with E-state index in [1.165, 1.54) is 61.7 Å². The maximum absolute atomic E-state index is 9.27. The van der Waals surface area contributed by atoms with Crippen LogP contribution in [0.15, 0.2) is 24.3 Å². The minimum absolute atomic E-state index is 0.181. The van der Waals surface area contributed by atoms with Gasteiger partial charge in [0.2, 0.25) is 0 Å². The van der Waals surface area contributed by atoms with Gasteiger partial charge >= 0.3 is 0 Å². The number of aryl methyl sites for hydroxylation is 2. The molecule has 4 heteroatoms. The van der Waals surface area contributed by atoms with Gasteiger partial charge < -0.3 is 15.9 Å². The molecule has 0 fully saturated rings. The predicted molar refractivity (Wildman–Crippen MR) is 120 cm³/mol. The Labute approximate surface area is 168 Å². The van der Waals surface area contributed by atoms with E-state index < -0.39 is 13.6 Å². The van der Waals surface area contributed by atoms with E-state index in [2.05, 4.69) is 44.3 Å². The Hall–Kier alpha value is -0.683. The molecule has 0 aliphatic carbocycles. The van der Waals surface area contributed by atoms with Gasteiger partial charge in [-0.1, -0.05) is 88.5 Å². The molecule has 0 aliphatic rings. The van der Waals surface area contributed by atoms with Gasteiger partial charge in [0.25, 0.3) is 0 Å². The second-order valence-corrected chi connectivity index (χ2v) is 14.5. The number of aliphatic hydroxyl groups is 2. The quantitative estimate of drug-likeness (QED) is 0.293. The van der Waals surface area contributed by atoms with Crippen molar-refractivity contribution in [1.29, 1.82) is 0 Å². The van der Waals surface area contributed by atoms with E-state index in [0.29, 0.717) is 6.42 Å². The maximum atomic E-state index is 9.27. The molecule has 0 aliphatic heterocycles. The van der Waals surface area contributed by atoms with Crippen molar-refractivity contribution in [2.45, 2.75) is 95.4 Å². The highest BCUT2D eigenvalue weighted by molar-refractivity contribution is 6.77. The summed E-state index contributed by atoms with van der Waals surface area (Å²) in [6.07, 6.45) is 10.7. The summed E-state index contributed by atoms with van der Waals surface area (Å²) in [5.74, 6) is 0. The van der Waals surface area contributed by atoms with E-state index >= 15 is 0 Å². The SMILES string of the molecule is CCCCC[Si](C)(C)CCCCCc1ccc(CCC(N)(CO)CO)cc1. The van der Waals surface area contributed by atoms with Gasteiger partial charge in [-0.15, -0.1) is 0 Å². The number of aliphatic hydroxyl groups excluding tert-OH is 2. The Balaban J connectivity index is 2.24. The number of benzene rings is 1. The van der Waals surface area contributed by atoms with Gasteiger partial charge in [0.15, 0.2) is 0 Å². The minimum atomic E-state index is -0.954. The fraction of sp³-hybridized carbons (Fsp3) is 0.739. The highest BCUT2D eigenvalue weighted by Gasteiger charge is 2.22. The fourth-order valence-corrected chi connectivity index (χ4v) is 6.23. The lowest BCUT2D eigenvalue weighted by atomic mass is 9.93. The Morgan fingerprint density at radius 2 is 1.33 bits per heavy atom. The summed E-state index contributed by atoms with van der Waals surface area (Å²) in [7, 11) is -0.954. The van der Waals surface area contributed by atoms with Crippen molar-refractivity contribution >= 4 is 8.07 Å². The fourth-order valence-electron chi connectivity index (χ4n) is 3.56. The van der Waals surface area contributed by atoms with Crippen LogP contribution in [0.2, 0.25) is 25.2 Å². The van der Waals surface area contributed by atoms with Crippen LogP contribution >= 0.6 is 0 Å².